The Kier molecular flexibility index (Phi) is 6.96. The Hall–Kier alpha value is -2.18. The minimum absolute atomic E-state index is 0.00914. The number of carboxylic acids is 1. The van der Waals surface area contributed by atoms with Crippen LogP contribution in [-0.2, 0) is 4.74 Å². The predicted octanol–water partition coefficient (Wildman–Crippen LogP) is 0.514. The van der Waals surface area contributed by atoms with Crippen molar-refractivity contribution in [3.8, 4) is 0 Å². The Morgan fingerprint density at radius 3 is 2.71 bits per heavy atom. The van der Waals surface area contributed by atoms with Crippen LogP contribution in [0.5, 0.6) is 0 Å². The molecule has 0 saturated carbocycles. The maximum atomic E-state index is 12.0. The van der Waals surface area contributed by atoms with E-state index in [0.29, 0.717) is 12.5 Å². The summed E-state index contributed by atoms with van der Waals surface area (Å²) in [5.41, 5.74) is -0.161. The van der Waals surface area contributed by atoms with E-state index in [4.69, 9.17) is 4.74 Å². The molecule has 1 aromatic carbocycles. The molecule has 0 aromatic heterocycles. The van der Waals surface area contributed by atoms with E-state index in [-0.39, 0.29) is 24.3 Å². The highest BCUT2D eigenvalue weighted by atomic mass is 16.5. The van der Waals surface area contributed by atoms with Gasteiger partial charge < -0.3 is 25.1 Å². The third kappa shape index (κ3) is 5.47. The number of hydrogen-bond donors (Lipinski definition) is 2. The van der Waals surface area contributed by atoms with Crippen molar-refractivity contribution in [3.05, 3.63) is 47.5 Å². The summed E-state index contributed by atoms with van der Waals surface area (Å²) in [6.45, 7) is 0.705. The van der Waals surface area contributed by atoms with Crippen LogP contribution in [0.4, 0.5) is 0 Å². The molecule has 0 bridgehead atoms. The van der Waals surface area contributed by atoms with E-state index >= 15 is 0 Å². The lowest BCUT2D eigenvalue weighted by Crippen LogP contribution is -2.36. The maximum absolute atomic E-state index is 12.0. The zero-order valence-corrected chi connectivity index (χ0v) is 13.4. The molecule has 0 fully saturated rings. The van der Waals surface area contributed by atoms with E-state index in [1.165, 1.54) is 18.2 Å². The number of carbonyl (C=O) groups excluding carboxylic acids is 2. The van der Waals surface area contributed by atoms with E-state index < -0.39 is 18.0 Å². The van der Waals surface area contributed by atoms with E-state index in [1.807, 2.05) is 0 Å². The van der Waals surface area contributed by atoms with Crippen LogP contribution in [-0.4, -0.2) is 42.8 Å². The van der Waals surface area contributed by atoms with Crippen LogP contribution in [0.1, 0.15) is 40.0 Å². The van der Waals surface area contributed by atoms with Gasteiger partial charge in [0.2, 0.25) is 0 Å². The molecule has 2 N–H and O–H groups in total. The molecule has 6 nitrogen and oxygen atoms in total. The Morgan fingerprint density at radius 2 is 2.04 bits per heavy atom. The molecule has 6 heteroatoms. The van der Waals surface area contributed by atoms with Gasteiger partial charge >= 0.3 is 0 Å². The number of hydrogen-bond acceptors (Lipinski definition) is 5. The summed E-state index contributed by atoms with van der Waals surface area (Å²) in [6.07, 6.45) is 6.60. The standard InChI is InChI=1S/C18H23NO5/c20-14(12-24-11-13-6-2-1-3-7-13)10-19-17(21)15-8-4-5-9-16(15)18(22)23/h1-2,4-5,8-9,13-14,20H,3,6-7,10-12H2,(H,19,21)(H,22,23)/p-1/t13-,14+/m0/s1. The molecule has 1 aliphatic carbocycles. The van der Waals surface area contributed by atoms with Crippen LogP contribution in [0, 0.1) is 5.92 Å². The van der Waals surface area contributed by atoms with Crippen LogP contribution >= 0.6 is 0 Å². The highest BCUT2D eigenvalue weighted by Gasteiger charge is 2.14. The molecule has 2 atom stereocenters. The first kappa shape index (κ1) is 18.2. The molecule has 0 saturated heterocycles. The topological polar surface area (TPSA) is 98.7 Å². The molecular formula is C18H22NO5-. The van der Waals surface area contributed by atoms with Crippen molar-refractivity contribution in [2.24, 2.45) is 5.92 Å². The summed E-state index contributed by atoms with van der Waals surface area (Å²) in [7, 11) is 0. The number of benzene rings is 1. The molecule has 2 rings (SSSR count). The lowest BCUT2D eigenvalue weighted by molar-refractivity contribution is -0.255. The quantitative estimate of drug-likeness (QED) is 0.676. The first-order valence-electron chi connectivity index (χ1n) is 8.07. The number of allylic oxidation sites excluding steroid dienone is 2. The maximum Gasteiger partial charge on any atom is 0.252 e. The molecule has 1 aromatic rings. The minimum atomic E-state index is -1.41. The van der Waals surface area contributed by atoms with Gasteiger partial charge in [0.25, 0.3) is 5.91 Å². The average molecular weight is 332 g/mol. The van der Waals surface area contributed by atoms with Gasteiger partial charge in [-0.15, -0.1) is 0 Å². The predicted molar refractivity (Wildman–Crippen MR) is 86.4 cm³/mol. The van der Waals surface area contributed by atoms with Gasteiger partial charge in [-0.05, 0) is 31.2 Å². The van der Waals surface area contributed by atoms with Crippen LogP contribution in [0.3, 0.4) is 0 Å². The summed E-state index contributed by atoms with van der Waals surface area (Å²) in [6, 6.07) is 5.80. The van der Waals surface area contributed by atoms with Gasteiger partial charge in [-0.1, -0.05) is 30.4 Å². The number of aliphatic hydroxyl groups is 1. The second kappa shape index (κ2) is 9.20. The third-order valence-electron chi connectivity index (χ3n) is 3.93. The Balaban J connectivity index is 1.73. The number of aromatic carboxylic acids is 1. The summed E-state index contributed by atoms with van der Waals surface area (Å²) in [4.78, 5) is 23.0. The van der Waals surface area contributed by atoms with Gasteiger partial charge in [-0.2, -0.15) is 0 Å². The fraction of sp³-hybridized carbons (Fsp3) is 0.444. The molecule has 0 spiro atoms. The zero-order valence-electron chi connectivity index (χ0n) is 13.4. The molecular weight excluding hydrogens is 310 g/mol. The highest BCUT2D eigenvalue weighted by Crippen LogP contribution is 2.18. The summed E-state index contributed by atoms with van der Waals surface area (Å²) < 4.78 is 5.50. The van der Waals surface area contributed by atoms with Crippen molar-refractivity contribution in [1.82, 2.24) is 5.32 Å². The molecule has 1 amide bonds. The number of rotatable bonds is 8. The number of carbonyl (C=O) groups is 2. The Morgan fingerprint density at radius 1 is 1.29 bits per heavy atom. The second-order valence-corrected chi connectivity index (χ2v) is 5.88. The molecule has 24 heavy (non-hydrogen) atoms. The van der Waals surface area contributed by atoms with Crippen LogP contribution in [0.2, 0.25) is 0 Å². The summed E-state index contributed by atoms with van der Waals surface area (Å²) >= 11 is 0. The number of amides is 1. The first-order chi connectivity index (χ1) is 11.6. The van der Waals surface area contributed by atoms with Gasteiger partial charge in [-0.25, -0.2) is 0 Å². The zero-order chi connectivity index (χ0) is 17.4. The largest absolute Gasteiger partial charge is 0.545 e. The van der Waals surface area contributed by atoms with E-state index in [0.717, 1.165) is 19.3 Å². The Labute approximate surface area is 141 Å². The Bertz CT molecular complexity index is 599. The van der Waals surface area contributed by atoms with Crippen LogP contribution in [0.25, 0.3) is 0 Å². The monoisotopic (exact) mass is 332 g/mol. The van der Waals surface area contributed by atoms with Crippen molar-refractivity contribution < 1.29 is 24.5 Å². The van der Waals surface area contributed by atoms with Crippen molar-refractivity contribution in [2.75, 3.05) is 19.8 Å². The van der Waals surface area contributed by atoms with Crippen molar-refractivity contribution in [3.63, 3.8) is 0 Å². The smallest absolute Gasteiger partial charge is 0.252 e. The summed E-state index contributed by atoms with van der Waals surface area (Å²) in [5, 5.41) is 23.4. The van der Waals surface area contributed by atoms with Crippen LogP contribution < -0.4 is 10.4 Å². The third-order valence-corrected chi connectivity index (χ3v) is 3.93. The fourth-order valence-electron chi connectivity index (χ4n) is 2.60. The van der Waals surface area contributed by atoms with Gasteiger partial charge in [0, 0.05) is 24.3 Å². The molecule has 1 aliphatic rings. The SMILES string of the molecule is O=C([O-])c1ccccc1C(=O)NC[C@@H](O)COC[C@H]1CC=CCC1. The molecule has 130 valence electrons. The molecule has 0 unspecified atom stereocenters. The van der Waals surface area contributed by atoms with E-state index in [2.05, 4.69) is 17.5 Å². The van der Waals surface area contributed by atoms with E-state index in [1.54, 1.807) is 6.07 Å². The van der Waals surface area contributed by atoms with Crippen molar-refractivity contribution in [2.45, 2.75) is 25.4 Å². The summed E-state index contributed by atoms with van der Waals surface area (Å²) in [5.74, 6) is -1.50. The first-order valence-corrected chi connectivity index (χ1v) is 8.07. The van der Waals surface area contributed by atoms with Gasteiger partial charge in [0.15, 0.2) is 0 Å². The van der Waals surface area contributed by atoms with Gasteiger partial charge in [0.05, 0.1) is 18.7 Å². The molecule has 0 radical (unpaired) electrons. The van der Waals surface area contributed by atoms with E-state index in [9.17, 15) is 19.8 Å². The fourth-order valence-corrected chi connectivity index (χ4v) is 2.60. The number of carboxylic acid groups (broad SMARTS) is 1. The lowest BCUT2D eigenvalue weighted by Gasteiger charge is -2.19. The number of aliphatic hydroxyl groups excluding tert-OH is 1. The highest BCUT2D eigenvalue weighted by molar-refractivity contribution is 6.04. The lowest BCUT2D eigenvalue weighted by atomic mass is 9.95. The number of nitrogens with one attached hydrogen (secondary N) is 1. The minimum Gasteiger partial charge on any atom is -0.545 e. The van der Waals surface area contributed by atoms with Gasteiger partial charge in [-0.3, -0.25) is 4.79 Å². The number of ether oxygens (including phenoxy) is 1. The molecule has 0 heterocycles. The normalized spacial score (nSPS) is 18.1. The average Bonchev–Trinajstić information content (AvgIpc) is 2.60. The van der Waals surface area contributed by atoms with Crippen molar-refractivity contribution >= 4 is 11.9 Å². The second-order valence-electron chi connectivity index (χ2n) is 5.88. The van der Waals surface area contributed by atoms with Crippen molar-refractivity contribution in [1.29, 1.82) is 0 Å². The van der Waals surface area contributed by atoms with Gasteiger partial charge in [0.1, 0.15) is 0 Å². The van der Waals surface area contributed by atoms with Crippen LogP contribution in [0.15, 0.2) is 36.4 Å². The molecule has 0 aliphatic heterocycles.